The molecule has 0 aliphatic heterocycles. The van der Waals surface area contributed by atoms with Crippen LogP contribution >= 0.6 is 0 Å². The molecule has 0 saturated heterocycles. The highest BCUT2D eigenvalue weighted by Crippen LogP contribution is 2.14. The quantitative estimate of drug-likeness (QED) is 0.221. The van der Waals surface area contributed by atoms with Crippen LogP contribution in [0.3, 0.4) is 0 Å². The van der Waals surface area contributed by atoms with Crippen molar-refractivity contribution in [1.82, 2.24) is 0 Å². The fraction of sp³-hybridized carbons (Fsp3) is 0.818. The molecule has 0 aliphatic carbocycles. The van der Waals surface area contributed by atoms with E-state index in [4.69, 9.17) is 5.73 Å². The maximum absolute atomic E-state index is 11.6. The van der Waals surface area contributed by atoms with Crippen molar-refractivity contribution in [2.45, 2.75) is 116 Å². The van der Waals surface area contributed by atoms with Crippen LogP contribution in [0.25, 0.3) is 0 Å². The number of rotatable bonds is 19. The van der Waals surface area contributed by atoms with Gasteiger partial charge in [0.1, 0.15) is 5.78 Å². The van der Waals surface area contributed by atoms with E-state index in [1.165, 1.54) is 83.5 Å². The van der Waals surface area contributed by atoms with E-state index in [0.717, 1.165) is 12.8 Å². The summed E-state index contributed by atoms with van der Waals surface area (Å²) in [6.45, 7) is 5.79. The molecule has 0 aromatic rings. The van der Waals surface area contributed by atoms with Crippen LogP contribution in [0.4, 0.5) is 0 Å². The molecule has 0 aromatic heterocycles. The van der Waals surface area contributed by atoms with Crippen LogP contribution < -0.4 is 5.73 Å². The predicted molar refractivity (Wildman–Crippen MR) is 108 cm³/mol. The van der Waals surface area contributed by atoms with E-state index in [2.05, 4.69) is 13.5 Å². The second-order valence-corrected chi connectivity index (χ2v) is 7.38. The van der Waals surface area contributed by atoms with E-state index < -0.39 is 5.91 Å². The minimum absolute atomic E-state index is 0.0819. The Balaban J connectivity index is 3.20. The van der Waals surface area contributed by atoms with E-state index in [1.54, 1.807) is 0 Å². The first kappa shape index (κ1) is 23.9. The first-order valence-electron chi connectivity index (χ1n) is 10.6. The van der Waals surface area contributed by atoms with Gasteiger partial charge in [-0.15, -0.1) is 0 Å². The molecule has 0 bridgehead atoms. The lowest BCUT2D eigenvalue weighted by Gasteiger charge is -2.04. The molecule has 25 heavy (non-hydrogen) atoms. The minimum atomic E-state index is -0.565. The number of hydrogen-bond acceptors (Lipinski definition) is 2. The maximum Gasteiger partial charge on any atom is 0.244 e. The zero-order valence-electron chi connectivity index (χ0n) is 16.6. The van der Waals surface area contributed by atoms with Gasteiger partial charge in [0.15, 0.2) is 0 Å². The summed E-state index contributed by atoms with van der Waals surface area (Å²) < 4.78 is 0. The topological polar surface area (TPSA) is 60.2 Å². The van der Waals surface area contributed by atoms with Gasteiger partial charge in [-0.1, -0.05) is 103 Å². The summed E-state index contributed by atoms with van der Waals surface area (Å²) in [5.41, 5.74) is 5.31. The number of Topliss-reactive ketones (excluding diaryl/α,β-unsaturated/α-hetero) is 1. The molecule has 3 heteroatoms. The number of carbonyl (C=O) groups excluding carboxylic acids is 2. The Labute approximate surface area is 155 Å². The first-order valence-corrected chi connectivity index (χ1v) is 10.6. The summed E-state index contributed by atoms with van der Waals surface area (Å²) in [6.07, 6.45) is 20.4. The normalized spacial score (nSPS) is 10.8. The number of carbonyl (C=O) groups is 2. The summed E-state index contributed by atoms with van der Waals surface area (Å²) in [5.74, 6) is -0.483. The molecule has 0 saturated carbocycles. The Morgan fingerprint density at radius 2 is 1.04 bits per heavy atom. The Morgan fingerprint density at radius 1 is 0.680 bits per heavy atom. The largest absolute Gasteiger partial charge is 0.366 e. The SMILES string of the molecule is C=C(CC(=O)CCCCCCCCCCCCCCCCC)C(N)=O. The maximum atomic E-state index is 11.6. The molecule has 2 N–H and O–H groups in total. The number of hydrogen-bond donors (Lipinski definition) is 1. The molecule has 0 rings (SSSR count). The zero-order chi connectivity index (χ0) is 18.8. The van der Waals surface area contributed by atoms with Crippen molar-refractivity contribution in [1.29, 1.82) is 0 Å². The standard InChI is InChI=1S/C22H41NO2/c1-3-4-5-6-7-8-9-10-11-12-13-14-15-16-17-18-21(24)19-20(2)22(23)25/h2-19H2,1H3,(H2,23,25). The van der Waals surface area contributed by atoms with Crippen molar-refractivity contribution >= 4 is 11.7 Å². The Bertz CT molecular complexity index is 363. The van der Waals surface area contributed by atoms with E-state index >= 15 is 0 Å². The summed E-state index contributed by atoms with van der Waals surface area (Å²) in [6, 6.07) is 0. The highest BCUT2D eigenvalue weighted by molar-refractivity contribution is 5.97. The third-order valence-corrected chi connectivity index (χ3v) is 4.82. The summed E-state index contributed by atoms with van der Waals surface area (Å²) in [5, 5.41) is 0. The van der Waals surface area contributed by atoms with Crippen molar-refractivity contribution in [2.75, 3.05) is 0 Å². The van der Waals surface area contributed by atoms with Crippen molar-refractivity contribution in [3.63, 3.8) is 0 Å². The molecule has 0 spiro atoms. The molecule has 0 aliphatic rings. The lowest BCUT2D eigenvalue weighted by molar-refractivity contribution is -0.120. The highest BCUT2D eigenvalue weighted by atomic mass is 16.1. The minimum Gasteiger partial charge on any atom is -0.366 e. The van der Waals surface area contributed by atoms with E-state index in [9.17, 15) is 9.59 Å². The predicted octanol–water partition coefficient (Wildman–Crippen LogP) is 6.25. The number of ketones is 1. The van der Waals surface area contributed by atoms with Crippen molar-refractivity contribution < 1.29 is 9.59 Å². The number of nitrogens with two attached hydrogens (primary N) is 1. The zero-order valence-corrected chi connectivity index (χ0v) is 16.6. The van der Waals surface area contributed by atoms with E-state index in [0.29, 0.717) is 6.42 Å². The molecule has 3 nitrogen and oxygen atoms in total. The Morgan fingerprint density at radius 3 is 1.40 bits per heavy atom. The van der Waals surface area contributed by atoms with Crippen LogP contribution in [0, 0.1) is 0 Å². The number of primary amides is 1. The van der Waals surface area contributed by atoms with Gasteiger partial charge in [0.25, 0.3) is 0 Å². The van der Waals surface area contributed by atoms with Gasteiger partial charge in [-0.25, -0.2) is 0 Å². The second kappa shape index (κ2) is 17.7. The van der Waals surface area contributed by atoms with Gasteiger partial charge >= 0.3 is 0 Å². The van der Waals surface area contributed by atoms with Crippen LogP contribution in [-0.2, 0) is 9.59 Å². The molecule has 0 fully saturated rings. The fourth-order valence-corrected chi connectivity index (χ4v) is 3.11. The van der Waals surface area contributed by atoms with Crippen LogP contribution in [0.15, 0.2) is 12.2 Å². The molecule has 0 atom stereocenters. The van der Waals surface area contributed by atoms with Gasteiger partial charge < -0.3 is 5.73 Å². The van der Waals surface area contributed by atoms with Crippen LogP contribution in [-0.4, -0.2) is 11.7 Å². The average Bonchev–Trinajstić information content (AvgIpc) is 2.58. The molecular formula is C22H41NO2. The van der Waals surface area contributed by atoms with Crippen molar-refractivity contribution in [3.8, 4) is 0 Å². The number of amides is 1. The summed E-state index contributed by atoms with van der Waals surface area (Å²) in [4.78, 5) is 22.4. The Kier molecular flexibility index (Phi) is 16.9. The highest BCUT2D eigenvalue weighted by Gasteiger charge is 2.08. The lowest BCUT2D eigenvalue weighted by atomic mass is 10.0. The number of unbranched alkanes of at least 4 members (excludes halogenated alkanes) is 14. The molecule has 0 aromatic carbocycles. The van der Waals surface area contributed by atoms with Crippen LogP contribution in [0.2, 0.25) is 0 Å². The molecule has 146 valence electrons. The first-order chi connectivity index (χ1) is 12.1. The molecule has 0 radical (unpaired) electrons. The smallest absolute Gasteiger partial charge is 0.244 e. The van der Waals surface area contributed by atoms with Crippen molar-refractivity contribution in [3.05, 3.63) is 12.2 Å². The third kappa shape index (κ3) is 17.5. The van der Waals surface area contributed by atoms with Crippen LogP contribution in [0.5, 0.6) is 0 Å². The average molecular weight is 352 g/mol. The molecule has 0 heterocycles. The van der Waals surface area contributed by atoms with Gasteiger partial charge in [-0.2, -0.15) is 0 Å². The summed E-state index contributed by atoms with van der Waals surface area (Å²) >= 11 is 0. The molecular weight excluding hydrogens is 310 g/mol. The summed E-state index contributed by atoms with van der Waals surface area (Å²) in [7, 11) is 0. The fourth-order valence-electron chi connectivity index (χ4n) is 3.11. The van der Waals surface area contributed by atoms with Crippen molar-refractivity contribution in [2.24, 2.45) is 5.73 Å². The van der Waals surface area contributed by atoms with Gasteiger partial charge in [0.2, 0.25) is 5.91 Å². The van der Waals surface area contributed by atoms with Crippen LogP contribution in [0.1, 0.15) is 116 Å². The van der Waals surface area contributed by atoms with Gasteiger partial charge in [-0.3, -0.25) is 9.59 Å². The molecule has 0 unspecified atom stereocenters. The van der Waals surface area contributed by atoms with Gasteiger partial charge in [-0.05, 0) is 6.42 Å². The van der Waals surface area contributed by atoms with E-state index in [1.807, 2.05) is 0 Å². The third-order valence-electron chi connectivity index (χ3n) is 4.82. The lowest BCUT2D eigenvalue weighted by Crippen LogP contribution is -2.15. The Hall–Kier alpha value is -1.12. The monoisotopic (exact) mass is 351 g/mol. The van der Waals surface area contributed by atoms with Gasteiger partial charge in [0.05, 0.1) is 0 Å². The molecule has 1 amide bonds. The van der Waals surface area contributed by atoms with E-state index in [-0.39, 0.29) is 17.8 Å². The second-order valence-electron chi connectivity index (χ2n) is 7.38. The van der Waals surface area contributed by atoms with Gasteiger partial charge in [0, 0.05) is 18.4 Å².